The Morgan fingerprint density at radius 1 is 0.946 bits per heavy atom. The number of anilines is 1. The lowest BCUT2D eigenvalue weighted by Crippen LogP contribution is -2.29. The number of methoxy groups -OCH3 is 1. The van der Waals surface area contributed by atoms with Crippen LogP contribution in [0.3, 0.4) is 0 Å². The fourth-order valence-corrected chi connectivity index (χ4v) is 5.02. The average molecular weight is 538 g/mol. The number of benzene rings is 3. The van der Waals surface area contributed by atoms with Crippen LogP contribution in [-0.2, 0) is 0 Å². The van der Waals surface area contributed by atoms with Gasteiger partial charge in [-0.2, -0.15) is 0 Å². The van der Waals surface area contributed by atoms with Gasteiger partial charge in [0.25, 0.3) is 5.91 Å². The van der Waals surface area contributed by atoms with Gasteiger partial charge in [0.1, 0.15) is 5.58 Å². The minimum Gasteiger partial charge on any atom is -0.493 e. The predicted octanol–water partition coefficient (Wildman–Crippen LogP) is 7.43. The van der Waals surface area contributed by atoms with Crippen molar-refractivity contribution in [1.82, 2.24) is 0 Å². The number of carbonyl (C=O) groups is 1. The highest BCUT2D eigenvalue weighted by atomic mass is 35.5. The van der Waals surface area contributed by atoms with Crippen molar-refractivity contribution in [3.63, 3.8) is 0 Å². The topological polar surface area (TPSA) is 69.0 Å². The summed E-state index contributed by atoms with van der Waals surface area (Å²) in [6, 6.07) is 16.4. The van der Waals surface area contributed by atoms with E-state index in [1.54, 1.807) is 61.7 Å². The van der Waals surface area contributed by atoms with Crippen LogP contribution in [0.15, 0.2) is 69.9 Å². The van der Waals surface area contributed by atoms with Crippen LogP contribution in [0, 0.1) is 0 Å². The van der Waals surface area contributed by atoms with Gasteiger partial charge in [0.2, 0.25) is 5.76 Å². The Labute approximate surface area is 224 Å². The molecule has 0 saturated heterocycles. The zero-order valence-corrected chi connectivity index (χ0v) is 21.9. The van der Waals surface area contributed by atoms with E-state index in [0.29, 0.717) is 50.4 Å². The number of unbranched alkanes of at least 4 members (excludes halogenated alkanes) is 2. The highest BCUT2D eigenvalue weighted by molar-refractivity contribution is 6.31. The number of hydrogen-bond donors (Lipinski definition) is 0. The van der Waals surface area contributed by atoms with E-state index < -0.39 is 11.9 Å². The number of halogens is 2. The summed E-state index contributed by atoms with van der Waals surface area (Å²) in [5.74, 6) is 0.659. The van der Waals surface area contributed by atoms with E-state index in [2.05, 4.69) is 6.92 Å². The third kappa shape index (κ3) is 4.67. The number of rotatable bonds is 8. The summed E-state index contributed by atoms with van der Waals surface area (Å²) in [6.07, 6.45) is 3.10. The number of fused-ring (bicyclic) bond motifs is 2. The van der Waals surface area contributed by atoms with Crippen LogP contribution in [-0.4, -0.2) is 19.6 Å². The summed E-state index contributed by atoms with van der Waals surface area (Å²) in [7, 11) is 1.56. The Morgan fingerprint density at radius 3 is 2.51 bits per heavy atom. The van der Waals surface area contributed by atoms with Gasteiger partial charge in [0.05, 0.1) is 30.7 Å². The SMILES string of the molecule is CCCCCOc1ccc(C2c3c(oc4ccc(Cl)cc4c3=O)C(=O)N2c2cccc(Cl)c2)cc1OC. The molecule has 3 aromatic carbocycles. The number of hydrogen-bond acceptors (Lipinski definition) is 5. The third-order valence-corrected chi connectivity index (χ3v) is 6.90. The summed E-state index contributed by atoms with van der Waals surface area (Å²) in [5, 5.41) is 1.17. The Hall–Kier alpha value is -3.48. The second kappa shape index (κ2) is 10.5. The Kier molecular flexibility index (Phi) is 7.13. The summed E-state index contributed by atoms with van der Waals surface area (Å²) >= 11 is 12.5. The Bertz CT molecular complexity index is 1550. The van der Waals surface area contributed by atoms with Crippen molar-refractivity contribution in [2.75, 3.05) is 18.6 Å². The molecular weight excluding hydrogens is 513 g/mol. The largest absolute Gasteiger partial charge is 0.493 e. The van der Waals surface area contributed by atoms with Crippen molar-refractivity contribution >= 4 is 45.8 Å². The first-order valence-electron chi connectivity index (χ1n) is 12.1. The van der Waals surface area contributed by atoms with Gasteiger partial charge < -0.3 is 13.9 Å². The maximum atomic E-state index is 13.8. The summed E-state index contributed by atoms with van der Waals surface area (Å²) in [6.45, 7) is 2.70. The first kappa shape index (κ1) is 25.2. The molecule has 0 bridgehead atoms. The van der Waals surface area contributed by atoms with Gasteiger partial charge in [-0.25, -0.2) is 0 Å². The zero-order valence-electron chi connectivity index (χ0n) is 20.4. The van der Waals surface area contributed by atoms with Gasteiger partial charge in [0.15, 0.2) is 16.9 Å². The molecule has 190 valence electrons. The highest BCUT2D eigenvalue weighted by Crippen LogP contribution is 2.43. The van der Waals surface area contributed by atoms with Gasteiger partial charge in [-0.15, -0.1) is 0 Å². The first-order valence-corrected chi connectivity index (χ1v) is 12.8. The molecule has 1 amide bonds. The standard InChI is InChI=1S/C29H25Cl2NO5/c1-3-4-5-13-36-23-11-9-17(14-24(23)35-2)26-25-27(33)21-16-19(31)10-12-22(21)37-28(25)29(34)32(26)20-8-6-7-18(30)15-20/h6-12,14-16,26H,3-5,13H2,1-2H3. The number of carbonyl (C=O) groups excluding carboxylic acids is 1. The predicted molar refractivity (Wildman–Crippen MR) is 146 cm³/mol. The maximum absolute atomic E-state index is 13.8. The van der Waals surface area contributed by atoms with E-state index in [1.807, 2.05) is 6.07 Å². The molecule has 1 atom stereocenters. The molecule has 1 aromatic heterocycles. The quantitative estimate of drug-likeness (QED) is 0.218. The van der Waals surface area contributed by atoms with Crippen molar-refractivity contribution in [2.45, 2.75) is 32.2 Å². The van der Waals surface area contributed by atoms with Gasteiger partial charge >= 0.3 is 0 Å². The smallest absolute Gasteiger partial charge is 0.295 e. The minimum atomic E-state index is -0.774. The zero-order chi connectivity index (χ0) is 26.1. The van der Waals surface area contributed by atoms with Crippen molar-refractivity contribution in [3.05, 3.63) is 97.8 Å². The molecule has 2 heterocycles. The van der Waals surface area contributed by atoms with Gasteiger partial charge in [-0.1, -0.05) is 55.1 Å². The number of nitrogens with zero attached hydrogens (tertiary/aromatic N) is 1. The minimum absolute atomic E-state index is 0.0105. The van der Waals surface area contributed by atoms with Crippen molar-refractivity contribution in [2.24, 2.45) is 0 Å². The second-order valence-electron chi connectivity index (χ2n) is 8.84. The molecular formula is C29H25Cl2NO5. The lowest BCUT2D eigenvalue weighted by molar-refractivity contribution is 0.0971. The van der Waals surface area contributed by atoms with Crippen LogP contribution in [0.2, 0.25) is 10.0 Å². The molecule has 1 unspecified atom stereocenters. The third-order valence-electron chi connectivity index (χ3n) is 6.43. The molecule has 4 aromatic rings. The fraction of sp³-hybridized carbons (Fsp3) is 0.241. The highest BCUT2D eigenvalue weighted by Gasteiger charge is 2.44. The molecule has 0 spiro atoms. The molecule has 5 rings (SSSR count). The average Bonchev–Trinajstić information content (AvgIpc) is 3.19. The van der Waals surface area contributed by atoms with E-state index in [9.17, 15) is 9.59 Å². The molecule has 1 aliphatic rings. The maximum Gasteiger partial charge on any atom is 0.295 e. The first-order chi connectivity index (χ1) is 17.9. The monoisotopic (exact) mass is 537 g/mol. The van der Waals surface area contributed by atoms with E-state index in [-0.39, 0.29) is 16.8 Å². The van der Waals surface area contributed by atoms with E-state index >= 15 is 0 Å². The van der Waals surface area contributed by atoms with E-state index in [0.717, 1.165) is 19.3 Å². The molecule has 0 N–H and O–H groups in total. The molecule has 37 heavy (non-hydrogen) atoms. The summed E-state index contributed by atoms with van der Waals surface area (Å²) in [5.41, 5.74) is 1.41. The molecule has 0 radical (unpaired) electrons. The van der Waals surface area contributed by atoms with Crippen LogP contribution < -0.4 is 19.8 Å². The number of ether oxygens (including phenoxy) is 2. The Balaban J connectivity index is 1.68. The van der Waals surface area contributed by atoms with E-state index in [1.165, 1.54) is 4.90 Å². The van der Waals surface area contributed by atoms with Crippen LogP contribution in [0.1, 0.15) is 53.9 Å². The van der Waals surface area contributed by atoms with E-state index in [4.69, 9.17) is 37.1 Å². The van der Waals surface area contributed by atoms with Crippen molar-refractivity contribution in [3.8, 4) is 11.5 Å². The van der Waals surface area contributed by atoms with Crippen molar-refractivity contribution < 1.29 is 18.7 Å². The van der Waals surface area contributed by atoms with Gasteiger partial charge in [-0.05, 0) is 60.5 Å². The molecule has 1 aliphatic heterocycles. The normalized spacial score (nSPS) is 14.8. The lowest BCUT2D eigenvalue weighted by Gasteiger charge is -2.26. The molecule has 8 heteroatoms. The van der Waals surface area contributed by atoms with Crippen LogP contribution in [0.5, 0.6) is 11.5 Å². The van der Waals surface area contributed by atoms with Crippen molar-refractivity contribution in [1.29, 1.82) is 0 Å². The fourth-order valence-electron chi connectivity index (χ4n) is 4.66. The molecule has 0 saturated carbocycles. The summed E-state index contributed by atoms with van der Waals surface area (Å²) in [4.78, 5) is 29.1. The molecule has 0 aliphatic carbocycles. The second-order valence-corrected chi connectivity index (χ2v) is 9.71. The van der Waals surface area contributed by atoms with Crippen LogP contribution in [0.4, 0.5) is 5.69 Å². The molecule has 0 fully saturated rings. The van der Waals surface area contributed by atoms with Crippen LogP contribution in [0.25, 0.3) is 11.0 Å². The van der Waals surface area contributed by atoms with Gasteiger partial charge in [-0.3, -0.25) is 14.5 Å². The Morgan fingerprint density at radius 2 is 1.76 bits per heavy atom. The summed E-state index contributed by atoms with van der Waals surface area (Å²) < 4.78 is 17.6. The van der Waals surface area contributed by atoms with Gasteiger partial charge in [0, 0.05) is 15.7 Å². The number of amides is 1. The molecule has 6 nitrogen and oxygen atoms in total. The lowest BCUT2D eigenvalue weighted by atomic mass is 9.97. The van der Waals surface area contributed by atoms with Crippen LogP contribution >= 0.6 is 23.2 Å².